The predicted molar refractivity (Wildman–Crippen MR) is 73.9 cm³/mol. The van der Waals surface area contributed by atoms with E-state index in [-0.39, 0.29) is 18.0 Å². The molecule has 19 heavy (non-hydrogen) atoms. The number of rotatable bonds is 5. The fraction of sp³-hybridized carbons (Fsp3) is 0.857. The molecule has 1 rings (SSSR count). The Kier molecular flexibility index (Phi) is 5.63. The van der Waals surface area contributed by atoms with Crippen LogP contribution in [0.5, 0.6) is 0 Å². The van der Waals surface area contributed by atoms with E-state index >= 15 is 0 Å². The lowest BCUT2D eigenvalue weighted by atomic mass is 9.98. The first kappa shape index (κ1) is 15.8. The van der Waals surface area contributed by atoms with Crippen LogP contribution in [-0.2, 0) is 4.79 Å². The van der Waals surface area contributed by atoms with E-state index < -0.39 is 12.0 Å². The lowest BCUT2D eigenvalue weighted by Gasteiger charge is -2.24. The molecule has 110 valence electrons. The molecule has 4 unspecified atom stereocenters. The molecule has 2 amide bonds. The fourth-order valence-corrected chi connectivity index (χ4v) is 2.60. The van der Waals surface area contributed by atoms with E-state index in [1.807, 2.05) is 13.8 Å². The number of carbonyl (C=O) groups excluding carboxylic acids is 1. The minimum absolute atomic E-state index is 0.0804. The summed E-state index contributed by atoms with van der Waals surface area (Å²) in [4.78, 5) is 23.0. The lowest BCUT2D eigenvalue weighted by Crippen LogP contribution is -2.52. The molecule has 0 aliphatic heterocycles. The molecule has 0 heterocycles. The lowest BCUT2D eigenvalue weighted by molar-refractivity contribution is -0.140. The van der Waals surface area contributed by atoms with Gasteiger partial charge in [0, 0.05) is 6.04 Å². The van der Waals surface area contributed by atoms with Gasteiger partial charge in [0.05, 0.1) is 0 Å². The van der Waals surface area contributed by atoms with Crippen LogP contribution in [-0.4, -0.2) is 29.2 Å². The summed E-state index contributed by atoms with van der Waals surface area (Å²) in [7, 11) is 0. The number of carboxylic acids is 1. The molecule has 0 radical (unpaired) electrons. The quantitative estimate of drug-likeness (QED) is 0.716. The number of urea groups is 1. The fourth-order valence-electron chi connectivity index (χ4n) is 2.60. The zero-order valence-corrected chi connectivity index (χ0v) is 12.3. The second-order valence-electron chi connectivity index (χ2n) is 5.84. The molecule has 0 bridgehead atoms. The van der Waals surface area contributed by atoms with Crippen molar-refractivity contribution in [2.24, 2.45) is 17.8 Å². The molecule has 1 fully saturated rings. The van der Waals surface area contributed by atoms with Crippen molar-refractivity contribution >= 4 is 12.0 Å². The second-order valence-corrected chi connectivity index (χ2v) is 5.84. The number of nitrogens with one attached hydrogen (secondary N) is 2. The average molecular weight is 270 g/mol. The van der Waals surface area contributed by atoms with E-state index in [1.54, 1.807) is 0 Å². The molecular formula is C14H26N2O3. The third-order valence-electron chi connectivity index (χ3n) is 4.55. The number of amides is 2. The Morgan fingerprint density at radius 3 is 2.37 bits per heavy atom. The highest BCUT2D eigenvalue weighted by atomic mass is 16.4. The van der Waals surface area contributed by atoms with Gasteiger partial charge in [-0.25, -0.2) is 9.59 Å². The van der Waals surface area contributed by atoms with Gasteiger partial charge < -0.3 is 15.7 Å². The predicted octanol–water partition coefficient (Wildman–Crippen LogP) is 2.22. The van der Waals surface area contributed by atoms with Crippen LogP contribution >= 0.6 is 0 Å². The normalized spacial score (nSPS) is 29.6. The average Bonchev–Trinajstić information content (AvgIpc) is 2.66. The van der Waals surface area contributed by atoms with Gasteiger partial charge in [0.25, 0.3) is 0 Å². The van der Waals surface area contributed by atoms with E-state index in [2.05, 4.69) is 24.5 Å². The van der Waals surface area contributed by atoms with Crippen molar-refractivity contribution in [1.29, 1.82) is 0 Å². The van der Waals surface area contributed by atoms with Crippen molar-refractivity contribution in [3.8, 4) is 0 Å². The highest BCUT2D eigenvalue weighted by molar-refractivity contribution is 5.82. The largest absolute Gasteiger partial charge is 0.480 e. The molecular weight excluding hydrogens is 244 g/mol. The van der Waals surface area contributed by atoms with Gasteiger partial charge in [-0.1, -0.05) is 34.1 Å². The van der Waals surface area contributed by atoms with Crippen LogP contribution in [0, 0.1) is 17.8 Å². The van der Waals surface area contributed by atoms with Gasteiger partial charge in [-0.05, 0) is 30.6 Å². The van der Waals surface area contributed by atoms with Gasteiger partial charge >= 0.3 is 12.0 Å². The molecule has 0 spiro atoms. The summed E-state index contributed by atoms with van der Waals surface area (Å²) in [5.41, 5.74) is 0. The Morgan fingerprint density at radius 2 is 1.95 bits per heavy atom. The van der Waals surface area contributed by atoms with Crippen LogP contribution in [0.15, 0.2) is 0 Å². The Morgan fingerprint density at radius 1 is 1.32 bits per heavy atom. The number of aliphatic carboxylic acids is 1. The highest BCUT2D eigenvalue weighted by Gasteiger charge is 2.32. The van der Waals surface area contributed by atoms with Crippen molar-refractivity contribution in [1.82, 2.24) is 10.6 Å². The summed E-state index contributed by atoms with van der Waals surface area (Å²) in [5.74, 6) is -0.00623. The Bertz CT molecular complexity index is 333. The number of hydrogen-bond acceptors (Lipinski definition) is 2. The summed E-state index contributed by atoms with van der Waals surface area (Å²) < 4.78 is 0. The number of carboxylic acid groups (broad SMARTS) is 1. The first-order valence-corrected chi connectivity index (χ1v) is 7.16. The summed E-state index contributed by atoms with van der Waals surface area (Å²) in [6.45, 7) is 8.07. The van der Waals surface area contributed by atoms with Crippen molar-refractivity contribution in [3.63, 3.8) is 0 Å². The first-order chi connectivity index (χ1) is 8.86. The van der Waals surface area contributed by atoms with Crippen LogP contribution in [0.3, 0.4) is 0 Å². The SMILES string of the molecule is CCC(C)[C@H](NC(=O)NC1CCC(C)C1C)C(=O)O. The van der Waals surface area contributed by atoms with Crippen molar-refractivity contribution in [2.75, 3.05) is 0 Å². The Labute approximate surface area is 115 Å². The number of carbonyl (C=O) groups is 2. The van der Waals surface area contributed by atoms with E-state index in [0.717, 1.165) is 12.8 Å². The summed E-state index contributed by atoms with van der Waals surface area (Å²) in [6.07, 6.45) is 2.80. The van der Waals surface area contributed by atoms with Gasteiger partial charge in [0.1, 0.15) is 6.04 Å². The van der Waals surface area contributed by atoms with Crippen LogP contribution in [0.25, 0.3) is 0 Å². The third-order valence-corrected chi connectivity index (χ3v) is 4.55. The number of hydrogen-bond donors (Lipinski definition) is 3. The van der Waals surface area contributed by atoms with Crippen LogP contribution in [0.1, 0.15) is 47.0 Å². The summed E-state index contributed by atoms with van der Waals surface area (Å²) in [6, 6.07) is -1.03. The molecule has 5 atom stereocenters. The van der Waals surface area contributed by atoms with Gasteiger partial charge in [-0.15, -0.1) is 0 Å². The van der Waals surface area contributed by atoms with Crippen molar-refractivity contribution in [3.05, 3.63) is 0 Å². The van der Waals surface area contributed by atoms with Crippen LogP contribution in [0.4, 0.5) is 4.79 Å². The molecule has 0 aromatic rings. The highest BCUT2D eigenvalue weighted by Crippen LogP contribution is 2.30. The van der Waals surface area contributed by atoms with E-state index in [0.29, 0.717) is 18.3 Å². The maximum absolute atomic E-state index is 11.9. The zero-order chi connectivity index (χ0) is 14.6. The molecule has 0 aromatic carbocycles. The molecule has 0 aromatic heterocycles. The van der Waals surface area contributed by atoms with Gasteiger partial charge in [0.2, 0.25) is 0 Å². The summed E-state index contributed by atoms with van der Waals surface area (Å²) >= 11 is 0. The molecule has 1 saturated carbocycles. The third kappa shape index (κ3) is 4.11. The van der Waals surface area contributed by atoms with E-state index in [4.69, 9.17) is 5.11 Å². The van der Waals surface area contributed by atoms with E-state index in [1.165, 1.54) is 0 Å². The standard InChI is InChI=1S/C14H26N2O3/c1-5-8(2)12(13(17)18)16-14(19)15-11-7-6-9(3)10(11)4/h8-12H,5-7H2,1-4H3,(H,17,18)(H2,15,16,19)/t8?,9?,10?,11?,12-/m0/s1. The molecule has 0 saturated heterocycles. The van der Waals surface area contributed by atoms with Crippen molar-refractivity contribution in [2.45, 2.75) is 59.0 Å². The zero-order valence-electron chi connectivity index (χ0n) is 12.3. The molecule has 5 heteroatoms. The molecule has 5 nitrogen and oxygen atoms in total. The summed E-state index contributed by atoms with van der Waals surface area (Å²) in [5, 5.41) is 14.6. The molecule has 1 aliphatic rings. The van der Waals surface area contributed by atoms with Crippen molar-refractivity contribution < 1.29 is 14.7 Å². The monoisotopic (exact) mass is 270 g/mol. The molecule has 3 N–H and O–H groups in total. The van der Waals surface area contributed by atoms with Crippen LogP contribution < -0.4 is 10.6 Å². The minimum Gasteiger partial charge on any atom is -0.480 e. The smallest absolute Gasteiger partial charge is 0.326 e. The van der Waals surface area contributed by atoms with E-state index in [9.17, 15) is 9.59 Å². The maximum atomic E-state index is 11.9. The first-order valence-electron chi connectivity index (χ1n) is 7.16. The minimum atomic E-state index is -0.975. The maximum Gasteiger partial charge on any atom is 0.326 e. The molecule has 1 aliphatic carbocycles. The van der Waals surface area contributed by atoms with Crippen LogP contribution in [0.2, 0.25) is 0 Å². The van der Waals surface area contributed by atoms with Gasteiger partial charge in [0.15, 0.2) is 0 Å². The van der Waals surface area contributed by atoms with Gasteiger partial charge in [-0.2, -0.15) is 0 Å². The Hall–Kier alpha value is -1.26. The second kappa shape index (κ2) is 6.78. The Balaban J connectivity index is 2.51. The topological polar surface area (TPSA) is 78.4 Å². The van der Waals surface area contributed by atoms with Gasteiger partial charge in [-0.3, -0.25) is 0 Å².